The number of hydrogen-bond acceptors (Lipinski definition) is 5. The highest BCUT2D eigenvalue weighted by atomic mass is 127. The molecule has 3 rings (SSSR count). The van der Waals surface area contributed by atoms with Gasteiger partial charge in [-0.1, -0.05) is 12.1 Å². The number of halogens is 1. The first-order chi connectivity index (χ1) is 14.2. The molecular weight excluding hydrogens is 493 g/mol. The molecule has 0 unspecified atom stereocenters. The van der Waals surface area contributed by atoms with Crippen LogP contribution in [0.5, 0.6) is 0 Å². The molecule has 0 radical (unpaired) electrons. The quantitative estimate of drug-likeness (QED) is 0.343. The summed E-state index contributed by atoms with van der Waals surface area (Å²) >= 11 is 0. The number of carbonyl (C=O) groups excluding carboxylic acids is 1. The van der Waals surface area contributed by atoms with Crippen LogP contribution in [0.25, 0.3) is 0 Å². The molecule has 1 aliphatic heterocycles. The second-order valence-corrected chi connectivity index (χ2v) is 6.75. The topological polar surface area (TPSA) is 85.8 Å². The van der Waals surface area contributed by atoms with Crippen molar-refractivity contribution in [3.8, 4) is 0 Å². The van der Waals surface area contributed by atoms with Gasteiger partial charge in [0.05, 0.1) is 6.54 Å². The van der Waals surface area contributed by atoms with Crippen LogP contribution in [0.1, 0.15) is 29.8 Å². The minimum Gasteiger partial charge on any atom is -0.357 e. The van der Waals surface area contributed by atoms with Gasteiger partial charge in [-0.15, -0.1) is 24.0 Å². The molecule has 9 heteroatoms. The predicted molar refractivity (Wildman–Crippen MR) is 130 cm³/mol. The van der Waals surface area contributed by atoms with Gasteiger partial charge in [-0.05, 0) is 37.6 Å². The Hall–Kier alpha value is -2.43. The SMILES string of the molecule is CCNC(=O)c1ccc(CN=C(NCC)N2CCN(c3ncccn3)CC2)cc1.I. The molecule has 8 nitrogen and oxygen atoms in total. The first kappa shape index (κ1) is 23.8. The molecule has 1 fully saturated rings. The van der Waals surface area contributed by atoms with E-state index in [1.165, 1.54) is 0 Å². The number of carbonyl (C=O) groups is 1. The first-order valence-electron chi connectivity index (χ1n) is 10.1. The third-order valence-electron chi connectivity index (χ3n) is 4.71. The molecule has 2 aromatic rings. The lowest BCUT2D eigenvalue weighted by atomic mass is 10.1. The van der Waals surface area contributed by atoms with Crippen LogP contribution in [-0.4, -0.2) is 66.0 Å². The number of aromatic nitrogens is 2. The smallest absolute Gasteiger partial charge is 0.251 e. The molecule has 30 heavy (non-hydrogen) atoms. The molecule has 0 spiro atoms. The fourth-order valence-corrected chi connectivity index (χ4v) is 3.19. The molecule has 1 aromatic heterocycles. The fraction of sp³-hybridized carbons (Fsp3) is 0.429. The van der Waals surface area contributed by atoms with Crippen LogP contribution in [0.15, 0.2) is 47.7 Å². The molecule has 1 aromatic carbocycles. The summed E-state index contributed by atoms with van der Waals surface area (Å²) in [7, 11) is 0. The Morgan fingerprint density at radius 2 is 1.63 bits per heavy atom. The number of amides is 1. The lowest BCUT2D eigenvalue weighted by molar-refractivity contribution is 0.0956. The highest BCUT2D eigenvalue weighted by molar-refractivity contribution is 14.0. The third-order valence-corrected chi connectivity index (χ3v) is 4.71. The number of nitrogens with zero attached hydrogens (tertiary/aromatic N) is 5. The molecular formula is C21H30IN7O. The number of anilines is 1. The van der Waals surface area contributed by atoms with Crippen molar-refractivity contribution in [2.75, 3.05) is 44.2 Å². The van der Waals surface area contributed by atoms with Crippen molar-refractivity contribution in [1.29, 1.82) is 0 Å². The van der Waals surface area contributed by atoms with Crippen LogP contribution in [0.4, 0.5) is 5.95 Å². The molecule has 1 saturated heterocycles. The first-order valence-corrected chi connectivity index (χ1v) is 10.1. The zero-order chi connectivity index (χ0) is 20.5. The highest BCUT2D eigenvalue weighted by Gasteiger charge is 2.21. The third kappa shape index (κ3) is 6.54. The average Bonchev–Trinajstić information content (AvgIpc) is 2.78. The van der Waals surface area contributed by atoms with Gasteiger partial charge in [0.25, 0.3) is 5.91 Å². The maximum atomic E-state index is 11.9. The fourth-order valence-electron chi connectivity index (χ4n) is 3.19. The largest absolute Gasteiger partial charge is 0.357 e. The molecule has 0 bridgehead atoms. The van der Waals surface area contributed by atoms with Crippen molar-refractivity contribution in [2.45, 2.75) is 20.4 Å². The van der Waals surface area contributed by atoms with Crippen molar-refractivity contribution in [3.05, 3.63) is 53.9 Å². The van der Waals surface area contributed by atoms with Crippen molar-refractivity contribution in [1.82, 2.24) is 25.5 Å². The standard InChI is InChI=1S/C21H29N7O.HI/c1-3-22-19(29)18-8-6-17(7-9-18)16-26-20(23-4-2)27-12-14-28(15-13-27)21-24-10-5-11-25-21;/h5-11H,3-4,12-16H2,1-2H3,(H,22,29)(H,23,26);1H. The summed E-state index contributed by atoms with van der Waals surface area (Å²) < 4.78 is 0. The van der Waals surface area contributed by atoms with E-state index in [0.29, 0.717) is 18.7 Å². The molecule has 1 amide bonds. The molecule has 162 valence electrons. The lowest BCUT2D eigenvalue weighted by Crippen LogP contribution is -2.52. The van der Waals surface area contributed by atoms with E-state index in [4.69, 9.17) is 4.99 Å². The summed E-state index contributed by atoms with van der Waals surface area (Å²) in [5.74, 6) is 1.64. The van der Waals surface area contributed by atoms with Crippen LogP contribution in [0.2, 0.25) is 0 Å². The van der Waals surface area contributed by atoms with E-state index in [9.17, 15) is 4.79 Å². The number of rotatable bonds is 6. The van der Waals surface area contributed by atoms with Crippen LogP contribution >= 0.6 is 24.0 Å². The number of piperazine rings is 1. The molecule has 2 heterocycles. The molecule has 2 N–H and O–H groups in total. The van der Waals surface area contributed by atoms with Crippen molar-refractivity contribution < 1.29 is 4.79 Å². The maximum absolute atomic E-state index is 11.9. The van der Waals surface area contributed by atoms with E-state index in [2.05, 4.69) is 37.3 Å². The Bertz CT molecular complexity index is 806. The van der Waals surface area contributed by atoms with E-state index in [-0.39, 0.29) is 29.9 Å². The Kier molecular flexibility index (Phi) is 9.78. The minimum absolute atomic E-state index is 0. The van der Waals surface area contributed by atoms with Crippen LogP contribution < -0.4 is 15.5 Å². The summed E-state index contributed by atoms with van der Waals surface area (Å²) in [5.41, 5.74) is 1.75. The summed E-state index contributed by atoms with van der Waals surface area (Å²) in [5, 5.41) is 6.20. The van der Waals surface area contributed by atoms with Crippen molar-refractivity contribution >= 4 is 41.8 Å². The van der Waals surface area contributed by atoms with Crippen molar-refractivity contribution in [2.24, 2.45) is 4.99 Å². The second kappa shape index (κ2) is 12.3. The number of hydrogen-bond donors (Lipinski definition) is 2. The van der Waals surface area contributed by atoms with Crippen LogP contribution in [0.3, 0.4) is 0 Å². The Balaban J connectivity index is 0.00000320. The van der Waals surface area contributed by atoms with Gasteiger partial charge in [-0.25, -0.2) is 15.0 Å². The normalized spacial score (nSPS) is 14.1. The lowest BCUT2D eigenvalue weighted by Gasteiger charge is -2.36. The van der Waals surface area contributed by atoms with Gasteiger partial charge >= 0.3 is 0 Å². The zero-order valence-corrected chi connectivity index (χ0v) is 19.9. The van der Waals surface area contributed by atoms with Gasteiger partial charge in [0.1, 0.15) is 0 Å². The number of aliphatic imine (C=N–C) groups is 1. The van der Waals surface area contributed by atoms with Crippen LogP contribution in [-0.2, 0) is 6.54 Å². The summed E-state index contributed by atoms with van der Waals surface area (Å²) in [6, 6.07) is 9.45. The van der Waals surface area contributed by atoms with Crippen molar-refractivity contribution in [3.63, 3.8) is 0 Å². The molecule has 0 aliphatic carbocycles. The second-order valence-electron chi connectivity index (χ2n) is 6.75. The zero-order valence-electron chi connectivity index (χ0n) is 17.5. The van der Waals surface area contributed by atoms with Gasteiger partial charge in [-0.3, -0.25) is 4.79 Å². The summed E-state index contributed by atoms with van der Waals surface area (Å²) in [4.78, 5) is 29.8. The van der Waals surface area contributed by atoms with Gasteiger partial charge in [0, 0.05) is 57.2 Å². The Labute approximate surface area is 195 Å². The molecule has 1 aliphatic rings. The maximum Gasteiger partial charge on any atom is 0.251 e. The van der Waals surface area contributed by atoms with E-state index < -0.39 is 0 Å². The summed E-state index contributed by atoms with van der Waals surface area (Å²) in [6.45, 7) is 9.43. The molecule has 0 atom stereocenters. The predicted octanol–water partition coefficient (Wildman–Crippen LogP) is 2.13. The van der Waals surface area contributed by atoms with Gasteiger partial charge in [0.15, 0.2) is 5.96 Å². The Morgan fingerprint density at radius 3 is 2.23 bits per heavy atom. The number of guanidine groups is 1. The Morgan fingerprint density at radius 1 is 1.00 bits per heavy atom. The van der Waals surface area contributed by atoms with Gasteiger partial charge < -0.3 is 20.4 Å². The number of benzene rings is 1. The minimum atomic E-state index is -0.0452. The van der Waals surface area contributed by atoms with Crippen LogP contribution in [0, 0.1) is 0 Å². The van der Waals surface area contributed by atoms with E-state index >= 15 is 0 Å². The average molecular weight is 523 g/mol. The van der Waals surface area contributed by atoms with Gasteiger partial charge in [-0.2, -0.15) is 0 Å². The monoisotopic (exact) mass is 523 g/mol. The van der Waals surface area contributed by atoms with Gasteiger partial charge in [0.2, 0.25) is 5.95 Å². The summed E-state index contributed by atoms with van der Waals surface area (Å²) in [6.07, 6.45) is 3.55. The van der Waals surface area contributed by atoms with E-state index in [1.54, 1.807) is 12.4 Å². The van der Waals surface area contributed by atoms with E-state index in [0.717, 1.165) is 50.2 Å². The molecule has 0 saturated carbocycles. The highest BCUT2D eigenvalue weighted by Crippen LogP contribution is 2.11. The number of nitrogens with one attached hydrogen (secondary N) is 2. The van der Waals surface area contributed by atoms with E-state index in [1.807, 2.05) is 37.3 Å².